The van der Waals surface area contributed by atoms with E-state index < -0.39 is 0 Å². The van der Waals surface area contributed by atoms with Gasteiger partial charge in [-0.05, 0) is 40.0 Å². The largest absolute Gasteiger partial charge is 0.398 e. The fraction of sp³-hybridized carbons (Fsp3) is 0.400. The van der Waals surface area contributed by atoms with Gasteiger partial charge in [-0.25, -0.2) is 0 Å². The average molecular weight is 350 g/mol. The summed E-state index contributed by atoms with van der Waals surface area (Å²) in [5.74, 6) is 0. The second-order valence-electron chi connectivity index (χ2n) is 7.80. The fourth-order valence-electron chi connectivity index (χ4n) is 2.99. The van der Waals surface area contributed by atoms with Crippen molar-refractivity contribution in [1.29, 1.82) is 0 Å². The van der Waals surface area contributed by atoms with Crippen LogP contribution in [0.2, 0.25) is 10.0 Å². The van der Waals surface area contributed by atoms with Crippen molar-refractivity contribution in [2.75, 3.05) is 5.73 Å². The molecule has 3 heteroatoms. The summed E-state index contributed by atoms with van der Waals surface area (Å²) in [5, 5.41) is 1.31. The maximum atomic E-state index is 6.57. The summed E-state index contributed by atoms with van der Waals surface area (Å²) in [6.07, 6.45) is 0.782. The molecule has 0 aliphatic rings. The molecule has 1 nitrogen and oxygen atoms in total. The SMILES string of the molecule is CC(C)(C)c1ccc(CC(C)(C)c2ccccc2N)c(Cl)c1Cl. The number of hydrogen-bond acceptors (Lipinski definition) is 1. The van der Waals surface area contributed by atoms with Crippen LogP contribution in [0.5, 0.6) is 0 Å². The maximum absolute atomic E-state index is 6.57. The molecule has 2 rings (SSSR count). The molecule has 0 saturated heterocycles. The number of hydrogen-bond donors (Lipinski definition) is 1. The van der Waals surface area contributed by atoms with Crippen LogP contribution in [-0.4, -0.2) is 0 Å². The molecular formula is C20H25Cl2N. The van der Waals surface area contributed by atoms with Crippen molar-refractivity contribution >= 4 is 28.9 Å². The van der Waals surface area contributed by atoms with Gasteiger partial charge in [0.25, 0.3) is 0 Å². The molecule has 0 radical (unpaired) electrons. The van der Waals surface area contributed by atoms with Gasteiger partial charge in [-0.1, -0.05) is 88.2 Å². The van der Waals surface area contributed by atoms with E-state index in [1.165, 1.54) is 0 Å². The Morgan fingerprint density at radius 2 is 1.43 bits per heavy atom. The molecule has 0 aliphatic heterocycles. The number of nitrogens with two attached hydrogens (primary N) is 1. The zero-order valence-electron chi connectivity index (χ0n) is 14.5. The van der Waals surface area contributed by atoms with Gasteiger partial charge in [0.15, 0.2) is 0 Å². The summed E-state index contributed by atoms with van der Waals surface area (Å²) in [5.41, 5.74) is 10.1. The van der Waals surface area contributed by atoms with Crippen LogP contribution in [0.25, 0.3) is 0 Å². The van der Waals surface area contributed by atoms with E-state index in [0.29, 0.717) is 10.0 Å². The predicted molar refractivity (Wildman–Crippen MR) is 103 cm³/mol. The first-order valence-electron chi connectivity index (χ1n) is 7.86. The molecule has 2 aromatic carbocycles. The molecule has 0 saturated carbocycles. The summed E-state index contributed by atoms with van der Waals surface area (Å²) >= 11 is 13.1. The van der Waals surface area contributed by atoms with E-state index in [9.17, 15) is 0 Å². The van der Waals surface area contributed by atoms with Gasteiger partial charge >= 0.3 is 0 Å². The first-order chi connectivity index (χ1) is 10.5. The van der Waals surface area contributed by atoms with Gasteiger partial charge < -0.3 is 5.73 Å². The number of rotatable bonds is 3. The molecule has 0 fully saturated rings. The van der Waals surface area contributed by atoms with Gasteiger partial charge in [-0.15, -0.1) is 0 Å². The van der Waals surface area contributed by atoms with E-state index in [-0.39, 0.29) is 10.8 Å². The van der Waals surface area contributed by atoms with Gasteiger partial charge in [0.1, 0.15) is 0 Å². The lowest BCUT2D eigenvalue weighted by atomic mass is 9.77. The molecule has 0 atom stereocenters. The van der Waals surface area contributed by atoms with Crippen molar-refractivity contribution < 1.29 is 0 Å². The van der Waals surface area contributed by atoms with Crippen molar-refractivity contribution in [3.05, 3.63) is 63.1 Å². The molecule has 0 unspecified atom stereocenters. The third kappa shape index (κ3) is 3.84. The molecule has 124 valence electrons. The number of anilines is 1. The molecule has 2 aromatic rings. The second-order valence-corrected chi connectivity index (χ2v) is 8.55. The molecule has 23 heavy (non-hydrogen) atoms. The monoisotopic (exact) mass is 349 g/mol. The van der Waals surface area contributed by atoms with Crippen LogP contribution in [0, 0.1) is 0 Å². The molecular weight excluding hydrogens is 325 g/mol. The van der Waals surface area contributed by atoms with E-state index in [1.54, 1.807) is 0 Å². The van der Waals surface area contributed by atoms with Crippen molar-refractivity contribution in [3.8, 4) is 0 Å². The van der Waals surface area contributed by atoms with Crippen LogP contribution < -0.4 is 5.73 Å². The molecule has 0 heterocycles. The first kappa shape index (κ1) is 18.2. The van der Waals surface area contributed by atoms with Gasteiger partial charge in [-0.3, -0.25) is 0 Å². The summed E-state index contributed by atoms with van der Waals surface area (Å²) in [6, 6.07) is 12.2. The summed E-state index contributed by atoms with van der Waals surface area (Å²) in [4.78, 5) is 0. The fourth-order valence-corrected chi connectivity index (χ4v) is 3.69. The quantitative estimate of drug-likeness (QED) is 0.638. The van der Waals surface area contributed by atoms with E-state index in [2.05, 4.69) is 52.8 Å². The molecule has 0 aliphatic carbocycles. The second kappa shape index (κ2) is 6.37. The molecule has 0 spiro atoms. The van der Waals surface area contributed by atoms with Gasteiger partial charge in [0, 0.05) is 5.69 Å². The molecule has 0 amide bonds. The van der Waals surface area contributed by atoms with Crippen LogP contribution in [0.4, 0.5) is 5.69 Å². The Kier molecular flexibility index (Phi) is 5.03. The first-order valence-corrected chi connectivity index (χ1v) is 8.62. The topological polar surface area (TPSA) is 26.0 Å². The Hall–Kier alpha value is -1.18. The summed E-state index contributed by atoms with van der Waals surface area (Å²) < 4.78 is 0. The highest BCUT2D eigenvalue weighted by molar-refractivity contribution is 6.43. The average Bonchev–Trinajstić information content (AvgIpc) is 2.42. The summed E-state index contributed by atoms with van der Waals surface area (Å²) in [7, 11) is 0. The number of nitrogen functional groups attached to an aromatic ring is 1. The van der Waals surface area contributed by atoms with Crippen LogP contribution in [0.3, 0.4) is 0 Å². The van der Waals surface area contributed by atoms with Crippen molar-refractivity contribution in [3.63, 3.8) is 0 Å². The lowest BCUT2D eigenvalue weighted by Crippen LogP contribution is -2.22. The third-order valence-corrected chi connectivity index (χ3v) is 5.21. The maximum Gasteiger partial charge on any atom is 0.0632 e. The van der Waals surface area contributed by atoms with Crippen molar-refractivity contribution in [2.24, 2.45) is 0 Å². The summed E-state index contributed by atoms with van der Waals surface area (Å²) in [6.45, 7) is 10.8. The lowest BCUT2D eigenvalue weighted by Gasteiger charge is -2.28. The molecule has 0 bridgehead atoms. The highest BCUT2D eigenvalue weighted by atomic mass is 35.5. The highest BCUT2D eigenvalue weighted by Gasteiger charge is 2.26. The minimum absolute atomic E-state index is 0.0291. The van der Waals surface area contributed by atoms with Crippen LogP contribution in [0.1, 0.15) is 51.3 Å². The van der Waals surface area contributed by atoms with Crippen molar-refractivity contribution in [1.82, 2.24) is 0 Å². The van der Waals surface area contributed by atoms with Gasteiger partial charge in [0.05, 0.1) is 10.0 Å². The number of benzene rings is 2. The molecule has 0 aromatic heterocycles. The predicted octanol–water partition coefficient (Wildman–Crippen LogP) is 6.39. The minimum Gasteiger partial charge on any atom is -0.398 e. The lowest BCUT2D eigenvalue weighted by molar-refractivity contribution is 0.524. The van der Waals surface area contributed by atoms with Gasteiger partial charge in [-0.2, -0.15) is 0 Å². The van der Waals surface area contributed by atoms with E-state index >= 15 is 0 Å². The van der Waals surface area contributed by atoms with Crippen LogP contribution >= 0.6 is 23.2 Å². The zero-order chi connectivity index (χ0) is 17.4. The Labute approximate surface area is 149 Å². The number of halogens is 2. The third-order valence-electron chi connectivity index (χ3n) is 4.29. The minimum atomic E-state index is -0.123. The number of para-hydroxylation sites is 1. The normalized spacial score (nSPS) is 12.5. The standard InChI is InChI=1S/C20H25Cl2N/c1-19(2,3)15-11-10-13(17(21)18(15)22)12-20(4,5)14-8-6-7-9-16(14)23/h6-11H,12,23H2,1-5H3. The van der Waals surface area contributed by atoms with E-state index in [0.717, 1.165) is 28.8 Å². The van der Waals surface area contributed by atoms with E-state index in [4.69, 9.17) is 28.9 Å². The van der Waals surface area contributed by atoms with E-state index in [1.807, 2.05) is 18.2 Å². The zero-order valence-corrected chi connectivity index (χ0v) is 16.0. The highest BCUT2D eigenvalue weighted by Crippen LogP contribution is 2.39. The molecule has 2 N–H and O–H groups in total. The van der Waals surface area contributed by atoms with Crippen LogP contribution in [-0.2, 0) is 17.3 Å². The Morgan fingerprint density at radius 3 is 2.00 bits per heavy atom. The van der Waals surface area contributed by atoms with Crippen LogP contribution in [0.15, 0.2) is 36.4 Å². The van der Waals surface area contributed by atoms with Gasteiger partial charge in [0.2, 0.25) is 0 Å². The van der Waals surface area contributed by atoms with Crippen molar-refractivity contribution in [2.45, 2.75) is 51.9 Å². The Balaban J connectivity index is 2.41. The smallest absolute Gasteiger partial charge is 0.0632 e. The Bertz CT molecular complexity index is 712. The Morgan fingerprint density at radius 1 is 0.826 bits per heavy atom.